The van der Waals surface area contributed by atoms with Gasteiger partial charge in [0.15, 0.2) is 10.3 Å². The Morgan fingerprint density at radius 1 is 1.08 bits per heavy atom. The second-order valence-corrected chi connectivity index (χ2v) is 10.3. The van der Waals surface area contributed by atoms with Crippen LogP contribution in [0.1, 0.15) is 31.2 Å². The first-order chi connectivity index (χ1) is 17.6. The predicted octanol–water partition coefficient (Wildman–Crippen LogP) is 4.19. The van der Waals surface area contributed by atoms with Gasteiger partial charge in [-0.05, 0) is 73.4 Å². The summed E-state index contributed by atoms with van der Waals surface area (Å²) in [6.45, 7) is 3.84. The van der Waals surface area contributed by atoms with Crippen molar-refractivity contribution in [1.82, 2.24) is 25.3 Å². The molecule has 1 aromatic carbocycles. The van der Waals surface area contributed by atoms with Gasteiger partial charge in [0.1, 0.15) is 16.7 Å². The third-order valence-corrected chi connectivity index (χ3v) is 7.63. The average Bonchev–Trinajstić information content (AvgIpc) is 3.44. The SMILES string of the molecule is Fc1ccc(C2(CNC(=S)Nc3nc(Sc4ncccn4)cc(N4CCCC4)n3)CCOCC2)cc1. The van der Waals surface area contributed by atoms with Gasteiger partial charge < -0.3 is 20.3 Å². The lowest BCUT2D eigenvalue weighted by Gasteiger charge is -2.38. The minimum absolute atomic E-state index is 0.193. The zero-order valence-electron chi connectivity index (χ0n) is 19.8. The topological polar surface area (TPSA) is 88.1 Å². The summed E-state index contributed by atoms with van der Waals surface area (Å²) in [4.78, 5) is 20.3. The second kappa shape index (κ2) is 11.4. The molecule has 2 aliphatic rings. The van der Waals surface area contributed by atoms with Gasteiger partial charge in [0, 0.05) is 56.7 Å². The smallest absolute Gasteiger partial charge is 0.232 e. The lowest BCUT2D eigenvalue weighted by molar-refractivity contribution is 0.0515. The first kappa shape index (κ1) is 24.8. The highest BCUT2D eigenvalue weighted by Gasteiger charge is 2.34. The summed E-state index contributed by atoms with van der Waals surface area (Å²) in [6, 6.07) is 10.5. The summed E-state index contributed by atoms with van der Waals surface area (Å²) in [5.74, 6) is 1.05. The average molecular weight is 526 g/mol. The van der Waals surface area contributed by atoms with Crippen molar-refractivity contribution in [2.75, 3.05) is 43.1 Å². The number of nitrogens with one attached hydrogen (secondary N) is 2. The van der Waals surface area contributed by atoms with Crippen LogP contribution in [0.15, 0.2) is 59.0 Å². The van der Waals surface area contributed by atoms with E-state index in [1.165, 1.54) is 23.9 Å². The van der Waals surface area contributed by atoms with Gasteiger partial charge in [-0.3, -0.25) is 0 Å². The molecular formula is C25H28FN7OS2. The highest BCUT2D eigenvalue weighted by Crippen LogP contribution is 2.34. The molecule has 2 saturated heterocycles. The van der Waals surface area contributed by atoms with Gasteiger partial charge in [0.05, 0.1) is 0 Å². The van der Waals surface area contributed by atoms with Crippen molar-refractivity contribution in [3.8, 4) is 0 Å². The van der Waals surface area contributed by atoms with E-state index in [9.17, 15) is 4.39 Å². The molecular weight excluding hydrogens is 497 g/mol. The normalized spacial score (nSPS) is 17.1. The number of halogens is 1. The molecule has 0 bridgehead atoms. The van der Waals surface area contributed by atoms with Crippen LogP contribution in [0.2, 0.25) is 0 Å². The molecule has 188 valence electrons. The van der Waals surface area contributed by atoms with Crippen molar-refractivity contribution < 1.29 is 9.13 Å². The van der Waals surface area contributed by atoms with Crippen molar-refractivity contribution in [2.24, 2.45) is 0 Å². The molecule has 2 aromatic heterocycles. The number of ether oxygens (including phenoxy) is 1. The van der Waals surface area contributed by atoms with E-state index in [2.05, 4.69) is 30.5 Å². The summed E-state index contributed by atoms with van der Waals surface area (Å²) in [5.41, 5.74) is 0.887. The van der Waals surface area contributed by atoms with E-state index in [1.54, 1.807) is 18.5 Å². The molecule has 4 heterocycles. The van der Waals surface area contributed by atoms with Crippen LogP contribution in [-0.2, 0) is 10.2 Å². The van der Waals surface area contributed by atoms with Gasteiger partial charge in [-0.25, -0.2) is 19.3 Å². The van der Waals surface area contributed by atoms with E-state index in [0.29, 0.717) is 36.0 Å². The molecule has 5 rings (SSSR count). The van der Waals surface area contributed by atoms with Crippen molar-refractivity contribution >= 4 is 40.9 Å². The molecule has 3 aromatic rings. The van der Waals surface area contributed by atoms with Gasteiger partial charge in [-0.15, -0.1) is 0 Å². The van der Waals surface area contributed by atoms with Crippen LogP contribution in [0, 0.1) is 5.82 Å². The number of hydrogen-bond acceptors (Lipinski definition) is 8. The van der Waals surface area contributed by atoms with Crippen molar-refractivity contribution in [1.29, 1.82) is 0 Å². The van der Waals surface area contributed by atoms with Gasteiger partial charge in [0.2, 0.25) is 5.95 Å². The molecule has 0 aliphatic carbocycles. The number of nitrogens with zero attached hydrogens (tertiary/aromatic N) is 5. The summed E-state index contributed by atoms with van der Waals surface area (Å²) < 4.78 is 19.2. The maximum Gasteiger partial charge on any atom is 0.232 e. The van der Waals surface area contributed by atoms with Crippen LogP contribution in [0.4, 0.5) is 16.2 Å². The predicted molar refractivity (Wildman–Crippen MR) is 142 cm³/mol. The van der Waals surface area contributed by atoms with Crippen molar-refractivity contribution in [3.63, 3.8) is 0 Å². The molecule has 0 unspecified atom stereocenters. The minimum atomic E-state index is -0.240. The van der Waals surface area contributed by atoms with Crippen molar-refractivity contribution in [2.45, 2.75) is 41.3 Å². The van der Waals surface area contributed by atoms with Gasteiger partial charge in [-0.1, -0.05) is 12.1 Å². The molecule has 0 spiro atoms. The summed E-state index contributed by atoms with van der Waals surface area (Å²) in [6.07, 6.45) is 7.37. The number of aromatic nitrogens is 4. The molecule has 11 heteroatoms. The van der Waals surface area contributed by atoms with Crippen LogP contribution in [0.25, 0.3) is 0 Å². The Kier molecular flexibility index (Phi) is 7.88. The fraction of sp³-hybridized carbons (Fsp3) is 0.400. The molecule has 8 nitrogen and oxygen atoms in total. The van der Waals surface area contributed by atoms with E-state index in [0.717, 1.165) is 55.2 Å². The first-order valence-electron chi connectivity index (χ1n) is 12.1. The molecule has 0 saturated carbocycles. The lowest BCUT2D eigenvalue weighted by Crippen LogP contribution is -2.45. The van der Waals surface area contributed by atoms with E-state index in [-0.39, 0.29) is 11.2 Å². The third-order valence-electron chi connectivity index (χ3n) is 6.58. The Labute approximate surface area is 219 Å². The Bertz CT molecular complexity index is 1170. The molecule has 0 radical (unpaired) electrons. The molecule has 2 N–H and O–H groups in total. The quantitative estimate of drug-likeness (QED) is 0.266. The van der Waals surface area contributed by atoms with E-state index < -0.39 is 0 Å². The standard InChI is InChI=1S/C25H28FN7OS2/c26-19-6-4-18(5-7-19)25(8-14-34-15-9-25)17-29-23(35)32-22-30-20(33-12-1-2-13-33)16-21(31-22)36-24-27-10-3-11-28-24/h3-7,10-11,16H,1-2,8-9,12-15,17H2,(H2,29,30,31,32,35). The number of anilines is 2. The van der Waals surface area contributed by atoms with Crippen LogP contribution >= 0.6 is 24.0 Å². The number of hydrogen-bond donors (Lipinski definition) is 2. The van der Waals surface area contributed by atoms with Gasteiger partial charge in [0.25, 0.3) is 0 Å². The zero-order chi connectivity index (χ0) is 24.8. The summed E-state index contributed by atoms with van der Waals surface area (Å²) in [7, 11) is 0. The second-order valence-electron chi connectivity index (χ2n) is 8.92. The Morgan fingerprint density at radius 2 is 1.81 bits per heavy atom. The maximum absolute atomic E-state index is 13.6. The zero-order valence-corrected chi connectivity index (χ0v) is 21.5. The molecule has 0 atom stereocenters. The van der Waals surface area contributed by atoms with E-state index >= 15 is 0 Å². The molecule has 2 fully saturated rings. The van der Waals surface area contributed by atoms with Gasteiger partial charge in [-0.2, -0.15) is 4.98 Å². The van der Waals surface area contributed by atoms with E-state index in [1.807, 2.05) is 18.2 Å². The van der Waals surface area contributed by atoms with Crippen molar-refractivity contribution in [3.05, 3.63) is 60.2 Å². The molecule has 36 heavy (non-hydrogen) atoms. The molecule has 2 aliphatic heterocycles. The number of benzene rings is 1. The number of rotatable bonds is 7. The first-order valence-corrected chi connectivity index (χ1v) is 13.3. The van der Waals surface area contributed by atoms with E-state index in [4.69, 9.17) is 21.9 Å². The fourth-order valence-electron chi connectivity index (χ4n) is 4.59. The lowest BCUT2D eigenvalue weighted by atomic mass is 9.74. The third kappa shape index (κ3) is 6.08. The van der Waals surface area contributed by atoms with Crippen LogP contribution in [0.5, 0.6) is 0 Å². The number of thiocarbonyl (C=S) groups is 1. The Morgan fingerprint density at radius 3 is 2.53 bits per heavy atom. The van der Waals surface area contributed by atoms with Gasteiger partial charge >= 0.3 is 0 Å². The highest BCUT2D eigenvalue weighted by molar-refractivity contribution is 7.99. The summed E-state index contributed by atoms with van der Waals surface area (Å²) in [5, 5.41) is 8.34. The maximum atomic E-state index is 13.6. The van der Waals surface area contributed by atoms with Crippen LogP contribution in [-0.4, -0.2) is 57.9 Å². The fourth-order valence-corrected chi connectivity index (χ4v) is 5.46. The highest BCUT2D eigenvalue weighted by atomic mass is 32.2. The monoisotopic (exact) mass is 525 g/mol. The van der Waals surface area contributed by atoms with Crippen LogP contribution < -0.4 is 15.5 Å². The molecule has 0 amide bonds. The van der Waals surface area contributed by atoms with Crippen LogP contribution in [0.3, 0.4) is 0 Å². The summed E-state index contributed by atoms with van der Waals surface area (Å²) >= 11 is 7.02. The largest absolute Gasteiger partial charge is 0.381 e. The Hall–Kier alpha value is -2.89. The minimum Gasteiger partial charge on any atom is -0.381 e. The Balaban J connectivity index is 1.31.